The average Bonchev–Trinajstić information content (AvgIpc) is 2.86. The van der Waals surface area contributed by atoms with E-state index in [0.717, 1.165) is 19.9 Å². The molecule has 0 aromatic heterocycles. The molecule has 0 saturated heterocycles. The maximum Gasteiger partial charge on any atom is 0.264 e. The van der Waals surface area contributed by atoms with Crippen molar-refractivity contribution in [3.8, 4) is 0 Å². The third-order valence-corrected chi connectivity index (χ3v) is 8.76. The number of anilines is 1. The van der Waals surface area contributed by atoms with Gasteiger partial charge in [0.25, 0.3) is 10.0 Å². The molecule has 0 spiro atoms. The SMILES string of the molecule is CNC(=O)C(C)N(Cc1cccc(Br)c1)C(=O)CN(c1ccc(Cl)c(Cl)c1)S(=O)(=O)c1ccc(C)cc1. The van der Waals surface area contributed by atoms with Crippen molar-refractivity contribution in [3.63, 3.8) is 0 Å². The lowest BCUT2D eigenvalue weighted by atomic mass is 10.1. The number of nitrogens with one attached hydrogen (secondary N) is 1. The molecule has 0 heterocycles. The topological polar surface area (TPSA) is 86.8 Å². The lowest BCUT2D eigenvalue weighted by Gasteiger charge is -2.32. The van der Waals surface area contributed by atoms with Crippen LogP contribution in [0.15, 0.2) is 76.1 Å². The molecule has 2 amide bonds. The summed E-state index contributed by atoms with van der Waals surface area (Å²) in [6.07, 6.45) is 0. The van der Waals surface area contributed by atoms with Crippen LogP contribution in [-0.4, -0.2) is 44.8 Å². The number of nitrogens with zero attached hydrogens (tertiary/aromatic N) is 2. The molecule has 0 aliphatic carbocycles. The average molecular weight is 627 g/mol. The summed E-state index contributed by atoms with van der Waals surface area (Å²) in [6.45, 7) is 2.96. The molecule has 0 saturated carbocycles. The summed E-state index contributed by atoms with van der Waals surface area (Å²) in [5.41, 5.74) is 1.81. The Balaban J connectivity index is 2.06. The van der Waals surface area contributed by atoms with Crippen molar-refractivity contribution in [2.75, 3.05) is 17.9 Å². The summed E-state index contributed by atoms with van der Waals surface area (Å²) in [4.78, 5) is 27.6. The number of sulfonamides is 1. The summed E-state index contributed by atoms with van der Waals surface area (Å²) in [6, 6.07) is 17.1. The second kappa shape index (κ2) is 12.3. The number of amides is 2. The number of likely N-dealkylation sites (N-methyl/N-ethyl adjacent to an activating group) is 1. The lowest BCUT2D eigenvalue weighted by molar-refractivity contribution is -0.139. The van der Waals surface area contributed by atoms with Gasteiger partial charge in [-0.15, -0.1) is 0 Å². The van der Waals surface area contributed by atoms with Crippen molar-refractivity contribution in [2.45, 2.75) is 31.3 Å². The summed E-state index contributed by atoms with van der Waals surface area (Å²) in [5, 5.41) is 2.93. The van der Waals surface area contributed by atoms with E-state index >= 15 is 0 Å². The van der Waals surface area contributed by atoms with Gasteiger partial charge in [-0.25, -0.2) is 8.42 Å². The molecule has 11 heteroatoms. The van der Waals surface area contributed by atoms with Crippen molar-refractivity contribution in [3.05, 3.63) is 92.4 Å². The van der Waals surface area contributed by atoms with Crippen molar-refractivity contribution in [1.82, 2.24) is 10.2 Å². The number of rotatable bonds is 9. The zero-order valence-electron chi connectivity index (χ0n) is 20.4. The van der Waals surface area contributed by atoms with Crippen molar-refractivity contribution in [1.29, 1.82) is 0 Å². The molecule has 1 N–H and O–H groups in total. The molecule has 0 radical (unpaired) electrons. The highest BCUT2D eigenvalue weighted by Crippen LogP contribution is 2.31. The van der Waals surface area contributed by atoms with Crippen LogP contribution in [-0.2, 0) is 26.2 Å². The van der Waals surface area contributed by atoms with Crippen LogP contribution >= 0.6 is 39.1 Å². The number of hydrogen-bond donors (Lipinski definition) is 1. The van der Waals surface area contributed by atoms with E-state index < -0.39 is 28.5 Å². The minimum atomic E-state index is -4.18. The Labute approximate surface area is 235 Å². The maximum absolute atomic E-state index is 13.8. The standard InChI is InChI=1S/C26H26BrCl2N3O4S/c1-17-7-10-22(11-8-17)37(35,36)32(21-9-12-23(28)24(29)14-21)16-25(33)31(18(2)26(34)30-3)15-19-5-4-6-20(27)13-19/h4-14,18H,15-16H2,1-3H3,(H,30,34). The second-order valence-electron chi connectivity index (χ2n) is 8.36. The minimum absolute atomic E-state index is 0.00913. The largest absolute Gasteiger partial charge is 0.357 e. The van der Waals surface area contributed by atoms with Crippen LogP contribution in [0, 0.1) is 6.92 Å². The predicted molar refractivity (Wildman–Crippen MR) is 150 cm³/mol. The number of aryl methyl sites for hydroxylation is 1. The van der Waals surface area contributed by atoms with E-state index in [4.69, 9.17) is 23.2 Å². The second-order valence-corrected chi connectivity index (χ2v) is 12.0. The van der Waals surface area contributed by atoms with E-state index in [9.17, 15) is 18.0 Å². The van der Waals surface area contributed by atoms with Gasteiger partial charge >= 0.3 is 0 Å². The summed E-state index contributed by atoms with van der Waals surface area (Å²) >= 11 is 15.7. The quantitative estimate of drug-likeness (QED) is 0.344. The molecule has 0 fully saturated rings. The van der Waals surface area contributed by atoms with E-state index in [2.05, 4.69) is 21.2 Å². The fourth-order valence-corrected chi connectivity index (χ4v) is 5.77. The Morgan fingerprint density at radius 2 is 1.68 bits per heavy atom. The monoisotopic (exact) mass is 625 g/mol. The highest BCUT2D eigenvalue weighted by molar-refractivity contribution is 9.10. The van der Waals surface area contributed by atoms with Crippen molar-refractivity contribution >= 4 is 66.7 Å². The molecule has 7 nitrogen and oxygen atoms in total. The zero-order valence-corrected chi connectivity index (χ0v) is 24.3. The van der Waals surface area contributed by atoms with E-state index in [0.29, 0.717) is 0 Å². The van der Waals surface area contributed by atoms with Gasteiger partial charge in [-0.2, -0.15) is 0 Å². The van der Waals surface area contributed by atoms with Gasteiger partial charge in [-0.3, -0.25) is 13.9 Å². The lowest BCUT2D eigenvalue weighted by Crippen LogP contribution is -2.50. The fourth-order valence-electron chi connectivity index (χ4n) is 3.63. The Hall–Kier alpha value is -2.59. The molecule has 0 aliphatic rings. The summed E-state index contributed by atoms with van der Waals surface area (Å²) < 4.78 is 29.3. The van der Waals surface area contributed by atoms with Crippen LogP contribution in [0.1, 0.15) is 18.1 Å². The molecule has 1 unspecified atom stereocenters. The highest BCUT2D eigenvalue weighted by atomic mass is 79.9. The van der Waals surface area contributed by atoms with Crippen LogP contribution in [0.25, 0.3) is 0 Å². The van der Waals surface area contributed by atoms with E-state index in [1.54, 1.807) is 19.1 Å². The zero-order chi connectivity index (χ0) is 27.3. The van der Waals surface area contributed by atoms with Gasteiger partial charge < -0.3 is 10.2 Å². The first-order chi connectivity index (χ1) is 17.4. The maximum atomic E-state index is 13.8. The molecular weight excluding hydrogens is 601 g/mol. The summed E-state index contributed by atoms with van der Waals surface area (Å²) in [5.74, 6) is -0.955. The van der Waals surface area contributed by atoms with E-state index in [1.807, 2.05) is 31.2 Å². The number of carbonyl (C=O) groups excluding carboxylic acids is 2. The smallest absolute Gasteiger partial charge is 0.264 e. The van der Waals surface area contributed by atoms with E-state index in [-0.39, 0.29) is 33.1 Å². The van der Waals surface area contributed by atoms with Crippen LogP contribution in [0.3, 0.4) is 0 Å². The Morgan fingerprint density at radius 1 is 1.00 bits per heavy atom. The Bertz CT molecular complexity index is 1400. The number of benzene rings is 3. The fraction of sp³-hybridized carbons (Fsp3) is 0.231. The minimum Gasteiger partial charge on any atom is -0.357 e. The molecule has 3 aromatic carbocycles. The first-order valence-electron chi connectivity index (χ1n) is 11.2. The summed E-state index contributed by atoms with van der Waals surface area (Å²) in [7, 11) is -2.71. The molecule has 37 heavy (non-hydrogen) atoms. The van der Waals surface area contributed by atoms with Crippen molar-refractivity contribution < 1.29 is 18.0 Å². The predicted octanol–water partition coefficient (Wildman–Crippen LogP) is 5.42. The third-order valence-electron chi connectivity index (χ3n) is 5.73. The number of hydrogen-bond acceptors (Lipinski definition) is 4. The molecule has 0 aliphatic heterocycles. The molecule has 3 aromatic rings. The normalized spacial score (nSPS) is 12.1. The van der Waals surface area contributed by atoms with Gasteiger partial charge in [-0.1, -0.05) is 69.0 Å². The van der Waals surface area contributed by atoms with Gasteiger partial charge in [0.2, 0.25) is 11.8 Å². The highest BCUT2D eigenvalue weighted by Gasteiger charge is 2.32. The molecule has 3 rings (SSSR count). The van der Waals surface area contributed by atoms with Gasteiger partial charge in [0.15, 0.2) is 0 Å². The van der Waals surface area contributed by atoms with Crippen LogP contribution in [0.2, 0.25) is 10.0 Å². The molecule has 1 atom stereocenters. The van der Waals surface area contributed by atoms with Crippen LogP contribution in [0.5, 0.6) is 0 Å². The first kappa shape index (κ1) is 29.0. The van der Waals surface area contributed by atoms with E-state index in [1.165, 1.54) is 42.3 Å². The first-order valence-corrected chi connectivity index (χ1v) is 14.2. The Kier molecular flexibility index (Phi) is 9.63. The molecular formula is C26H26BrCl2N3O4S. The number of carbonyl (C=O) groups is 2. The van der Waals surface area contributed by atoms with Gasteiger partial charge in [0.05, 0.1) is 20.6 Å². The third kappa shape index (κ3) is 7.04. The Morgan fingerprint density at radius 3 is 2.27 bits per heavy atom. The van der Waals surface area contributed by atoms with Crippen LogP contribution < -0.4 is 9.62 Å². The number of halogens is 3. The molecule has 0 bridgehead atoms. The van der Waals surface area contributed by atoms with Gasteiger partial charge in [-0.05, 0) is 61.9 Å². The van der Waals surface area contributed by atoms with Crippen LogP contribution in [0.4, 0.5) is 5.69 Å². The molecule has 196 valence electrons. The van der Waals surface area contributed by atoms with Crippen molar-refractivity contribution in [2.24, 2.45) is 0 Å². The van der Waals surface area contributed by atoms with Gasteiger partial charge in [0.1, 0.15) is 12.6 Å². The van der Waals surface area contributed by atoms with Gasteiger partial charge in [0, 0.05) is 18.1 Å².